The summed E-state index contributed by atoms with van der Waals surface area (Å²) in [5.41, 5.74) is 1.31. The number of carbonyl (C=O) groups excluding carboxylic acids is 1. The van der Waals surface area contributed by atoms with E-state index in [2.05, 4.69) is 29.6 Å². The van der Waals surface area contributed by atoms with Crippen LogP contribution >= 0.6 is 0 Å². The number of amides is 1. The van der Waals surface area contributed by atoms with Gasteiger partial charge in [0.05, 0.1) is 12.5 Å². The van der Waals surface area contributed by atoms with Gasteiger partial charge in [-0.05, 0) is 24.8 Å². The number of carbonyl (C=O) groups is 1. The van der Waals surface area contributed by atoms with E-state index < -0.39 is 0 Å². The standard InChI is InChI=1S/C17H23NO3/c19-16(14-6-9-21-12-14)18-13-17(7-10-20-11-8-17)15-4-2-1-3-5-15/h1-5,14H,6-13H2,(H,18,19)/t14-/m0/s1. The van der Waals surface area contributed by atoms with E-state index in [0.29, 0.717) is 19.8 Å². The molecule has 0 aromatic heterocycles. The van der Waals surface area contributed by atoms with Crippen LogP contribution in [0.15, 0.2) is 30.3 Å². The number of hydrogen-bond donors (Lipinski definition) is 1. The molecule has 2 heterocycles. The minimum Gasteiger partial charge on any atom is -0.381 e. The van der Waals surface area contributed by atoms with E-state index in [1.807, 2.05) is 6.07 Å². The summed E-state index contributed by atoms with van der Waals surface area (Å²) in [6, 6.07) is 10.5. The second-order valence-electron chi connectivity index (χ2n) is 6.04. The lowest BCUT2D eigenvalue weighted by atomic mass is 9.74. The van der Waals surface area contributed by atoms with E-state index in [1.54, 1.807) is 0 Å². The molecule has 4 heteroatoms. The minimum atomic E-state index is 0.00856. The molecule has 114 valence electrons. The van der Waals surface area contributed by atoms with Gasteiger partial charge >= 0.3 is 0 Å². The summed E-state index contributed by atoms with van der Waals surface area (Å²) in [5.74, 6) is 0.159. The molecular formula is C17H23NO3. The van der Waals surface area contributed by atoms with Crippen molar-refractivity contribution in [3.63, 3.8) is 0 Å². The van der Waals surface area contributed by atoms with E-state index in [0.717, 1.165) is 32.5 Å². The molecule has 4 nitrogen and oxygen atoms in total. The summed E-state index contributed by atoms with van der Waals surface area (Å²) in [7, 11) is 0. The summed E-state index contributed by atoms with van der Waals surface area (Å²) in [4.78, 5) is 12.2. The lowest BCUT2D eigenvalue weighted by Gasteiger charge is -2.38. The zero-order chi connectivity index (χ0) is 14.5. The second-order valence-corrected chi connectivity index (χ2v) is 6.04. The second kappa shape index (κ2) is 6.58. The largest absolute Gasteiger partial charge is 0.381 e. The number of ether oxygens (including phenoxy) is 2. The molecule has 0 radical (unpaired) electrons. The average molecular weight is 289 g/mol. The molecule has 21 heavy (non-hydrogen) atoms. The highest BCUT2D eigenvalue weighted by atomic mass is 16.5. The van der Waals surface area contributed by atoms with E-state index in [9.17, 15) is 4.79 Å². The maximum Gasteiger partial charge on any atom is 0.225 e. The maximum atomic E-state index is 12.2. The first-order valence-electron chi connectivity index (χ1n) is 7.79. The molecule has 2 aliphatic rings. The van der Waals surface area contributed by atoms with Crippen molar-refractivity contribution < 1.29 is 14.3 Å². The zero-order valence-corrected chi connectivity index (χ0v) is 12.3. The minimum absolute atomic E-state index is 0.00856. The van der Waals surface area contributed by atoms with Crippen molar-refractivity contribution in [2.45, 2.75) is 24.7 Å². The highest BCUT2D eigenvalue weighted by Gasteiger charge is 2.35. The van der Waals surface area contributed by atoms with Crippen LogP contribution in [0.3, 0.4) is 0 Å². The number of hydrogen-bond acceptors (Lipinski definition) is 3. The van der Waals surface area contributed by atoms with Crippen LogP contribution in [0.2, 0.25) is 0 Å². The first-order chi connectivity index (χ1) is 10.3. The lowest BCUT2D eigenvalue weighted by molar-refractivity contribution is -0.125. The van der Waals surface area contributed by atoms with Crippen LogP contribution in [-0.2, 0) is 19.7 Å². The number of rotatable bonds is 4. The summed E-state index contributed by atoms with van der Waals surface area (Å²) in [6.45, 7) is 3.48. The quantitative estimate of drug-likeness (QED) is 0.921. The van der Waals surface area contributed by atoms with Crippen LogP contribution < -0.4 is 5.32 Å². The number of nitrogens with one attached hydrogen (secondary N) is 1. The Hall–Kier alpha value is -1.39. The Morgan fingerprint density at radius 2 is 1.90 bits per heavy atom. The van der Waals surface area contributed by atoms with Gasteiger partial charge in [-0.15, -0.1) is 0 Å². The van der Waals surface area contributed by atoms with Crippen molar-refractivity contribution in [1.29, 1.82) is 0 Å². The van der Waals surface area contributed by atoms with Crippen LogP contribution in [0.4, 0.5) is 0 Å². The predicted molar refractivity (Wildman–Crippen MR) is 80.1 cm³/mol. The Balaban J connectivity index is 1.69. The van der Waals surface area contributed by atoms with Gasteiger partial charge < -0.3 is 14.8 Å². The third kappa shape index (κ3) is 3.27. The molecule has 1 N–H and O–H groups in total. The van der Waals surface area contributed by atoms with Crippen LogP contribution in [0.1, 0.15) is 24.8 Å². The van der Waals surface area contributed by atoms with Crippen molar-refractivity contribution in [1.82, 2.24) is 5.32 Å². The topological polar surface area (TPSA) is 47.6 Å². The first kappa shape index (κ1) is 14.5. The Kier molecular flexibility index (Phi) is 4.56. The molecule has 2 saturated heterocycles. The van der Waals surface area contributed by atoms with Crippen molar-refractivity contribution in [3.05, 3.63) is 35.9 Å². The van der Waals surface area contributed by atoms with E-state index >= 15 is 0 Å². The highest BCUT2D eigenvalue weighted by molar-refractivity contribution is 5.79. The zero-order valence-electron chi connectivity index (χ0n) is 12.3. The van der Waals surface area contributed by atoms with Crippen molar-refractivity contribution in [2.24, 2.45) is 5.92 Å². The molecule has 3 rings (SSSR count). The lowest BCUT2D eigenvalue weighted by Crippen LogP contribution is -2.46. The average Bonchev–Trinajstić information content (AvgIpc) is 3.09. The maximum absolute atomic E-state index is 12.2. The van der Waals surface area contributed by atoms with Crippen LogP contribution in [0.25, 0.3) is 0 Å². The summed E-state index contributed by atoms with van der Waals surface area (Å²) >= 11 is 0. The predicted octanol–water partition coefficient (Wildman–Crippen LogP) is 1.89. The van der Waals surface area contributed by atoms with Gasteiger partial charge in [0.15, 0.2) is 0 Å². The fourth-order valence-electron chi connectivity index (χ4n) is 3.26. The highest BCUT2D eigenvalue weighted by Crippen LogP contribution is 2.34. The van der Waals surface area contributed by atoms with Gasteiger partial charge in [-0.2, -0.15) is 0 Å². The number of benzene rings is 1. The fourth-order valence-corrected chi connectivity index (χ4v) is 3.26. The normalized spacial score (nSPS) is 24.7. The molecule has 2 aliphatic heterocycles. The molecule has 1 atom stereocenters. The van der Waals surface area contributed by atoms with Crippen molar-refractivity contribution in [2.75, 3.05) is 33.0 Å². The van der Waals surface area contributed by atoms with Gasteiger partial charge in [0.1, 0.15) is 0 Å². The van der Waals surface area contributed by atoms with Gasteiger partial charge in [0.2, 0.25) is 5.91 Å². The van der Waals surface area contributed by atoms with Gasteiger partial charge in [-0.1, -0.05) is 30.3 Å². The van der Waals surface area contributed by atoms with Crippen molar-refractivity contribution >= 4 is 5.91 Å². The Morgan fingerprint density at radius 3 is 2.57 bits per heavy atom. The molecular weight excluding hydrogens is 266 g/mol. The first-order valence-corrected chi connectivity index (χ1v) is 7.79. The van der Waals surface area contributed by atoms with E-state index in [1.165, 1.54) is 5.56 Å². The molecule has 1 aromatic carbocycles. The van der Waals surface area contributed by atoms with Crippen LogP contribution in [0, 0.1) is 5.92 Å². The third-order valence-electron chi connectivity index (χ3n) is 4.74. The summed E-state index contributed by atoms with van der Waals surface area (Å²) in [6.07, 6.45) is 2.75. The van der Waals surface area contributed by atoms with Gasteiger partial charge in [-0.3, -0.25) is 4.79 Å². The van der Waals surface area contributed by atoms with Crippen molar-refractivity contribution in [3.8, 4) is 0 Å². The molecule has 0 bridgehead atoms. The van der Waals surface area contributed by atoms with E-state index in [-0.39, 0.29) is 17.2 Å². The molecule has 2 fully saturated rings. The Labute approximate surface area is 125 Å². The SMILES string of the molecule is O=C(NCC1(c2ccccc2)CCOCC1)[C@H]1CCOC1. The fraction of sp³-hybridized carbons (Fsp3) is 0.588. The molecule has 0 aliphatic carbocycles. The van der Waals surface area contributed by atoms with Crippen LogP contribution in [-0.4, -0.2) is 38.9 Å². The Morgan fingerprint density at radius 1 is 1.14 bits per heavy atom. The molecule has 1 aromatic rings. The van der Waals surface area contributed by atoms with E-state index in [4.69, 9.17) is 9.47 Å². The molecule has 1 amide bonds. The molecule has 0 unspecified atom stereocenters. The summed E-state index contributed by atoms with van der Waals surface area (Å²) < 4.78 is 10.8. The molecule has 0 saturated carbocycles. The Bertz CT molecular complexity index is 462. The summed E-state index contributed by atoms with van der Waals surface area (Å²) in [5, 5.41) is 3.16. The van der Waals surface area contributed by atoms with Crippen LogP contribution in [0.5, 0.6) is 0 Å². The van der Waals surface area contributed by atoms with Gasteiger partial charge in [-0.25, -0.2) is 0 Å². The third-order valence-corrected chi connectivity index (χ3v) is 4.74. The van der Waals surface area contributed by atoms with Gasteiger partial charge in [0.25, 0.3) is 0 Å². The smallest absolute Gasteiger partial charge is 0.225 e. The molecule has 0 spiro atoms. The monoisotopic (exact) mass is 289 g/mol. The van der Waals surface area contributed by atoms with Gasteiger partial charge in [0, 0.05) is 31.8 Å².